The molecule has 0 spiro atoms. The number of imidazole rings is 1. The van der Waals surface area contributed by atoms with Gasteiger partial charge in [-0.2, -0.15) is 0 Å². The molecule has 0 saturated carbocycles. The van der Waals surface area contributed by atoms with Gasteiger partial charge in [0.2, 0.25) is 5.91 Å². The Labute approximate surface area is 182 Å². The molecule has 2 heterocycles. The van der Waals surface area contributed by atoms with Crippen LogP contribution >= 0.6 is 0 Å². The Kier molecular flexibility index (Phi) is 5.93. The first kappa shape index (κ1) is 20.9. The number of aromatic nitrogens is 2. The van der Waals surface area contributed by atoms with Crippen LogP contribution in [0.5, 0.6) is 5.75 Å². The summed E-state index contributed by atoms with van der Waals surface area (Å²) in [6, 6.07) is 12.9. The van der Waals surface area contributed by atoms with Crippen LogP contribution in [0.3, 0.4) is 0 Å². The van der Waals surface area contributed by atoms with Crippen molar-refractivity contribution in [3.63, 3.8) is 0 Å². The molecule has 1 aromatic heterocycles. The molecule has 0 atom stereocenters. The predicted molar refractivity (Wildman–Crippen MR) is 121 cm³/mol. The number of hydrogen-bond acceptors (Lipinski definition) is 4. The minimum absolute atomic E-state index is 0.167. The van der Waals surface area contributed by atoms with Gasteiger partial charge in [-0.3, -0.25) is 9.59 Å². The Hall–Kier alpha value is -3.35. The number of likely N-dealkylation sites (tertiary alicyclic amines) is 1. The fourth-order valence-corrected chi connectivity index (χ4v) is 4.00. The van der Waals surface area contributed by atoms with E-state index in [2.05, 4.69) is 23.7 Å². The highest BCUT2D eigenvalue weighted by Crippen LogP contribution is 2.25. The van der Waals surface area contributed by atoms with Crippen molar-refractivity contribution in [1.82, 2.24) is 14.5 Å². The Morgan fingerprint density at radius 1 is 1.23 bits per heavy atom. The Morgan fingerprint density at radius 3 is 2.77 bits per heavy atom. The van der Waals surface area contributed by atoms with Crippen LogP contribution in [0.4, 0.5) is 5.69 Å². The number of carbonyl (C=O) groups is 2. The summed E-state index contributed by atoms with van der Waals surface area (Å²) in [5.74, 6) is 1.75. The lowest BCUT2D eigenvalue weighted by Gasteiger charge is -2.17. The molecule has 2 aromatic carbocycles. The monoisotopic (exact) mass is 420 g/mol. The molecule has 162 valence electrons. The lowest BCUT2D eigenvalue weighted by atomic mass is 10.1. The van der Waals surface area contributed by atoms with Crippen LogP contribution in [0.15, 0.2) is 42.5 Å². The van der Waals surface area contributed by atoms with Crippen molar-refractivity contribution in [1.29, 1.82) is 0 Å². The average molecular weight is 421 g/mol. The van der Waals surface area contributed by atoms with Crippen LogP contribution in [-0.2, 0) is 11.8 Å². The molecule has 0 aliphatic carbocycles. The van der Waals surface area contributed by atoms with Crippen LogP contribution in [0, 0.1) is 0 Å². The zero-order valence-corrected chi connectivity index (χ0v) is 18.2. The lowest BCUT2D eigenvalue weighted by Crippen LogP contribution is -2.29. The molecule has 0 radical (unpaired) electrons. The van der Waals surface area contributed by atoms with E-state index in [9.17, 15) is 9.59 Å². The first-order valence-corrected chi connectivity index (χ1v) is 10.7. The minimum Gasteiger partial charge on any atom is -0.491 e. The van der Waals surface area contributed by atoms with Crippen molar-refractivity contribution >= 4 is 28.5 Å². The molecule has 0 bridgehead atoms. The highest BCUT2D eigenvalue weighted by Gasteiger charge is 2.20. The summed E-state index contributed by atoms with van der Waals surface area (Å²) in [7, 11) is 2.01. The molecule has 1 aliphatic rings. The number of rotatable bonds is 7. The second kappa shape index (κ2) is 8.79. The van der Waals surface area contributed by atoms with E-state index in [-0.39, 0.29) is 11.8 Å². The van der Waals surface area contributed by atoms with E-state index in [0.29, 0.717) is 42.5 Å². The number of anilines is 1. The normalized spacial score (nSPS) is 13.9. The summed E-state index contributed by atoms with van der Waals surface area (Å²) < 4.78 is 7.93. The van der Waals surface area contributed by atoms with Crippen LogP contribution in [-0.4, -0.2) is 46.0 Å². The Morgan fingerprint density at radius 2 is 2.03 bits per heavy atom. The molecule has 1 N–H and O–H groups in total. The third-order valence-corrected chi connectivity index (χ3v) is 5.61. The molecule has 7 heteroatoms. The zero-order valence-electron chi connectivity index (χ0n) is 18.2. The molecule has 4 rings (SSSR count). The summed E-state index contributed by atoms with van der Waals surface area (Å²) in [4.78, 5) is 31.2. The van der Waals surface area contributed by atoms with Gasteiger partial charge in [-0.15, -0.1) is 0 Å². The number of ether oxygens (including phenoxy) is 1. The summed E-state index contributed by atoms with van der Waals surface area (Å²) in [6.45, 7) is 5.89. The Balaban J connectivity index is 1.46. The van der Waals surface area contributed by atoms with E-state index in [1.165, 1.54) is 0 Å². The molecular weight excluding hydrogens is 392 g/mol. The quantitative estimate of drug-likeness (QED) is 0.628. The van der Waals surface area contributed by atoms with E-state index < -0.39 is 0 Å². The largest absolute Gasteiger partial charge is 0.491 e. The van der Waals surface area contributed by atoms with Gasteiger partial charge in [-0.1, -0.05) is 26.0 Å². The lowest BCUT2D eigenvalue weighted by molar-refractivity contribution is -0.128. The SMILES string of the molecule is CC(C)c1nc2cc(NC(=O)c3ccccc3OCCN3CCCC3=O)ccc2n1C. The van der Waals surface area contributed by atoms with Crippen molar-refractivity contribution in [2.75, 3.05) is 25.0 Å². The molecule has 1 aliphatic heterocycles. The highest BCUT2D eigenvalue weighted by atomic mass is 16.5. The summed E-state index contributed by atoms with van der Waals surface area (Å²) in [5, 5.41) is 2.95. The van der Waals surface area contributed by atoms with Crippen molar-refractivity contribution in [3.8, 4) is 5.75 Å². The van der Waals surface area contributed by atoms with Gasteiger partial charge in [-0.05, 0) is 36.8 Å². The fourth-order valence-electron chi connectivity index (χ4n) is 4.00. The van der Waals surface area contributed by atoms with Gasteiger partial charge < -0.3 is 19.5 Å². The second-order valence-corrected chi connectivity index (χ2v) is 8.17. The van der Waals surface area contributed by atoms with Gasteiger partial charge in [0.1, 0.15) is 18.2 Å². The van der Waals surface area contributed by atoms with E-state index in [1.807, 2.05) is 37.4 Å². The van der Waals surface area contributed by atoms with Crippen LogP contribution in [0.1, 0.15) is 48.8 Å². The van der Waals surface area contributed by atoms with Gasteiger partial charge in [-0.25, -0.2) is 4.98 Å². The van der Waals surface area contributed by atoms with Gasteiger partial charge >= 0.3 is 0 Å². The first-order chi connectivity index (χ1) is 14.9. The summed E-state index contributed by atoms with van der Waals surface area (Å²) in [5.41, 5.74) is 3.02. The average Bonchev–Trinajstić information content (AvgIpc) is 3.31. The molecule has 7 nitrogen and oxygen atoms in total. The maximum Gasteiger partial charge on any atom is 0.259 e. The molecule has 1 fully saturated rings. The number of para-hydroxylation sites is 1. The van der Waals surface area contributed by atoms with E-state index in [0.717, 1.165) is 29.8 Å². The number of nitrogens with one attached hydrogen (secondary N) is 1. The zero-order chi connectivity index (χ0) is 22.0. The number of fused-ring (bicyclic) bond motifs is 1. The molecule has 3 aromatic rings. The first-order valence-electron chi connectivity index (χ1n) is 10.7. The number of benzene rings is 2. The number of aryl methyl sites for hydroxylation is 1. The van der Waals surface area contributed by atoms with E-state index in [1.54, 1.807) is 17.0 Å². The number of nitrogens with zero attached hydrogens (tertiary/aromatic N) is 3. The van der Waals surface area contributed by atoms with Gasteiger partial charge in [0.15, 0.2) is 0 Å². The Bertz CT molecular complexity index is 1120. The fraction of sp³-hybridized carbons (Fsp3) is 0.375. The van der Waals surface area contributed by atoms with Gasteiger partial charge in [0.25, 0.3) is 5.91 Å². The molecule has 31 heavy (non-hydrogen) atoms. The van der Waals surface area contributed by atoms with Crippen molar-refractivity contribution in [2.45, 2.75) is 32.6 Å². The molecule has 0 unspecified atom stereocenters. The third-order valence-electron chi connectivity index (χ3n) is 5.61. The van der Waals surface area contributed by atoms with Crippen molar-refractivity contribution in [3.05, 3.63) is 53.9 Å². The molecular formula is C24H28N4O3. The number of carbonyl (C=O) groups excluding carboxylic acids is 2. The van der Waals surface area contributed by atoms with Crippen LogP contribution in [0.25, 0.3) is 11.0 Å². The van der Waals surface area contributed by atoms with Crippen LogP contribution < -0.4 is 10.1 Å². The van der Waals surface area contributed by atoms with Crippen molar-refractivity contribution < 1.29 is 14.3 Å². The predicted octanol–water partition coefficient (Wildman–Crippen LogP) is 3.95. The summed E-state index contributed by atoms with van der Waals surface area (Å²) in [6.07, 6.45) is 1.51. The molecule has 1 saturated heterocycles. The smallest absolute Gasteiger partial charge is 0.259 e. The highest BCUT2D eigenvalue weighted by molar-refractivity contribution is 6.06. The molecule has 2 amide bonds. The number of hydrogen-bond donors (Lipinski definition) is 1. The standard InChI is InChI=1S/C24H28N4O3/c1-16(2)23-26-19-15-17(10-11-20(19)27(23)3)25-24(30)18-7-4-5-8-21(18)31-14-13-28-12-6-9-22(28)29/h4-5,7-8,10-11,15-16H,6,9,12-14H2,1-3H3,(H,25,30). The number of amides is 2. The van der Waals surface area contributed by atoms with Gasteiger partial charge in [0.05, 0.1) is 23.1 Å². The topological polar surface area (TPSA) is 76.5 Å². The summed E-state index contributed by atoms with van der Waals surface area (Å²) >= 11 is 0. The van der Waals surface area contributed by atoms with E-state index in [4.69, 9.17) is 9.72 Å². The second-order valence-electron chi connectivity index (χ2n) is 8.17. The van der Waals surface area contributed by atoms with Crippen molar-refractivity contribution in [2.24, 2.45) is 7.05 Å². The van der Waals surface area contributed by atoms with E-state index >= 15 is 0 Å². The van der Waals surface area contributed by atoms with Crippen LogP contribution in [0.2, 0.25) is 0 Å². The maximum atomic E-state index is 12.9. The maximum absolute atomic E-state index is 12.9. The minimum atomic E-state index is -0.243. The van der Waals surface area contributed by atoms with Gasteiger partial charge in [0, 0.05) is 31.6 Å². The third kappa shape index (κ3) is 4.40.